The van der Waals surface area contributed by atoms with Crippen molar-refractivity contribution in [3.63, 3.8) is 0 Å². The zero-order chi connectivity index (χ0) is 11.6. The molecule has 0 radical (unpaired) electrons. The van der Waals surface area contributed by atoms with Gasteiger partial charge in [0.2, 0.25) is 23.1 Å². The summed E-state index contributed by atoms with van der Waals surface area (Å²) >= 11 is 5.56. The molecule has 0 saturated carbocycles. The van der Waals surface area contributed by atoms with E-state index in [9.17, 15) is 4.79 Å². The van der Waals surface area contributed by atoms with Gasteiger partial charge in [-0.2, -0.15) is 15.0 Å². The molecule has 0 atom stereocenters. The number of nitrogens with one attached hydrogen (secondary N) is 1. The predicted molar refractivity (Wildman–Crippen MR) is 56.1 cm³/mol. The van der Waals surface area contributed by atoms with Gasteiger partial charge in [-0.3, -0.25) is 4.79 Å². The third-order valence-corrected chi connectivity index (χ3v) is 1.83. The van der Waals surface area contributed by atoms with Crippen LogP contribution in [0, 0.1) is 0 Å². The minimum Gasteiger partial charge on any atom is -0.368 e. The maximum atomic E-state index is 11.0. The number of hydrogen-bond acceptors (Lipinski definition) is 6. The van der Waals surface area contributed by atoms with Gasteiger partial charge in [-0.1, -0.05) is 0 Å². The summed E-state index contributed by atoms with van der Waals surface area (Å²) in [5.41, 5.74) is 9.52. The average Bonchev–Trinajstić information content (AvgIpc) is 1.99. The Hall–Kier alpha value is -1.63. The molecule has 1 aromatic rings. The normalized spacial score (nSPS) is 11.1. The Morgan fingerprint density at radius 2 is 2.00 bits per heavy atom. The van der Waals surface area contributed by atoms with Crippen LogP contribution in [0.5, 0.6) is 0 Å². The SMILES string of the molecule is CC(C)(Nc1nc(N)nc(Cl)n1)C(N)=O. The van der Waals surface area contributed by atoms with Gasteiger partial charge in [0.1, 0.15) is 5.54 Å². The molecule has 8 heteroatoms. The molecule has 0 spiro atoms. The molecule has 0 aliphatic rings. The van der Waals surface area contributed by atoms with Gasteiger partial charge >= 0.3 is 0 Å². The van der Waals surface area contributed by atoms with E-state index in [1.165, 1.54) is 0 Å². The molecule has 0 aliphatic carbocycles. The minimum absolute atomic E-state index is 0.0298. The molecule has 0 bridgehead atoms. The second-order valence-electron chi connectivity index (χ2n) is 3.40. The third-order valence-electron chi connectivity index (χ3n) is 1.67. The van der Waals surface area contributed by atoms with Crippen molar-refractivity contribution in [3.05, 3.63) is 5.28 Å². The summed E-state index contributed by atoms with van der Waals surface area (Å²) in [6, 6.07) is 0. The van der Waals surface area contributed by atoms with Gasteiger partial charge in [0.15, 0.2) is 0 Å². The molecular formula is C7H11ClN6O. The van der Waals surface area contributed by atoms with Crippen LogP contribution >= 0.6 is 11.6 Å². The Kier molecular flexibility index (Phi) is 2.94. The lowest BCUT2D eigenvalue weighted by molar-refractivity contribution is -0.121. The van der Waals surface area contributed by atoms with Gasteiger partial charge in [0, 0.05) is 0 Å². The lowest BCUT2D eigenvalue weighted by atomic mass is 10.1. The summed E-state index contributed by atoms with van der Waals surface area (Å²) in [4.78, 5) is 22.1. The Bertz CT molecular complexity index is 373. The van der Waals surface area contributed by atoms with E-state index < -0.39 is 11.4 Å². The van der Waals surface area contributed by atoms with E-state index in [0.717, 1.165) is 0 Å². The molecule has 15 heavy (non-hydrogen) atoms. The molecule has 0 saturated heterocycles. The van der Waals surface area contributed by atoms with Crippen LogP contribution in [0.2, 0.25) is 5.28 Å². The van der Waals surface area contributed by atoms with Crippen molar-refractivity contribution in [3.8, 4) is 0 Å². The molecule has 0 aromatic carbocycles. The first-order valence-electron chi connectivity index (χ1n) is 4.06. The number of rotatable bonds is 3. The monoisotopic (exact) mass is 230 g/mol. The van der Waals surface area contributed by atoms with E-state index in [0.29, 0.717) is 0 Å². The van der Waals surface area contributed by atoms with Crippen molar-refractivity contribution in [1.29, 1.82) is 0 Å². The second kappa shape index (κ2) is 3.85. The maximum absolute atomic E-state index is 11.0. The Morgan fingerprint density at radius 1 is 1.40 bits per heavy atom. The number of halogens is 1. The molecule has 7 nitrogen and oxygen atoms in total. The highest BCUT2D eigenvalue weighted by molar-refractivity contribution is 6.28. The van der Waals surface area contributed by atoms with Crippen molar-refractivity contribution in [2.24, 2.45) is 5.73 Å². The average molecular weight is 231 g/mol. The quantitative estimate of drug-likeness (QED) is 0.661. The van der Waals surface area contributed by atoms with Crippen molar-refractivity contribution < 1.29 is 4.79 Å². The number of primary amides is 1. The number of anilines is 2. The molecular weight excluding hydrogens is 220 g/mol. The lowest BCUT2D eigenvalue weighted by Crippen LogP contribution is -2.45. The van der Waals surface area contributed by atoms with Gasteiger partial charge in [0.05, 0.1) is 0 Å². The van der Waals surface area contributed by atoms with E-state index in [1.807, 2.05) is 0 Å². The molecule has 1 rings (SSSR count). The highest BCUT2D eigenvalue weighted by atomic mass is 35.5. The molecule has 0 aliphatic heterocycles. The molecule has 82 valence electrons. The number of amides is 1. The van der Waals surface area contributed by atoms with Crippen LogP contribution in [0.4, 0.5) is 11.9 Å². The molecule has 1 amide bonds. The summed E-state index contributed by atoms with van der Waals surface area (Å²) in [5.74, 6) is -0.466. The minimum atomic E-state index is -0.989. The fraction of sp³-hybridized carbons (Fsp3) is 0.429. The van der Waals surface area contributed by atoms with Gasteiger partial charge < -0.3 is 16.8 Å². The summed E-state index contributed by atoms with van der Waals surface area (Å²) in [7, 11) is 0. The highest BCUT2D eigenvalue weighted by Gasteiger charge is 2.25. The number of nitrogen functional groups attached to an aromatic ring is 1. The van der Waals surface area contributed by atoms with Crippen LogP contribution in [-0.4, -0.2) is 26.4 Å². The number of hydrogen-bond donors (Lipinski definition) is 3. The molecule has 5 N–H and O–H groups in total. The maximum Gasteiger partial charge on any atom is 0.242 e. The van der Waals surface area contributed by atoms with E-state index in [4.69, 9.17) is 23.1 Å². The second-order valence-corrected chi connectivity index (χ2v) is 3.74. The third kappa shape index (κ3) is 2.91. The fourth-order valence-electron chi connectivity index (χ4n) is 0.762. The summed E-state index contributed by atoms with van der Waals surface area (Å²) < 4.78 is 0. The van der Waals surface area contributed by atoms with E-state index >= 15 is 0 Å². The Morgan fingerprint density at radius 3 is 2.47 bits per heavy atom. The van der Waals surface area contributed by atoms with Crippen LogP contribution in [0.1, 0.15) is 13.8 Å². The highest BCUT2D eigenvalue weighted by Crippen LogP contribution is 2.12. The molecule has 1 aromatic heterocycles. The van der Waals surface area contributed by atoms with E-state index in [2.05, 4.69) is 20.3 Å². The van der Waals surface area contributed by atoms with E-state index in [1.54, 1.807) is 13.8 Å². The fourth-order valence-corrected chi connectivity index (χ4v) is 0.929. The summed E-state index contributed by atoms with van der Waals surface area (Å²) in [5, 5.41) is 2.65. The van der Waals surface area contributed by atoms with Crippen molar-refractivity contribution in [2.45, 2.75) is 19.4 Å². The van der Waals surface area contributed by atoms with Crippen LogP contribution in [0.3, 0.4) is 0 Å². The summed E-state index contributed by atoms with van der Waals surface area (Å²) in [6.07, 6.45) is 0. The first kappa shape index (κ1) is 11.4. The number of nitrogens with zero attached hydrogens (tertiary/aromatic N) is 3. The first-order valence-corrected chi connectivity index (χ1v) is 4.44. The standard InChI is InChI=1S/C7H11ClN6O/c1-7(2,3(9)15)14-6-12-4(8)11-5(10)13-6/h1-2H3,(H2,9,15)(H3,10,11,12,13,14). The number of carbonyl (C=O) groups is 1. The Labute approximate surface area is 91.2 Å². The lowest BCUT2D eigenvalue weighted by Gasteiger charge is -2.21. The number of aromatic nitrogens is 3. The molecule has 1 heterocycles. The van der Waals surface area contributed by atoms with Crippen LogP contribution in [-0.2, 0) is 4.79 Å². The van der Waals surface area contributed by atoms with Crippen molar-refractivity contribution in [2.75, 3.05) is 11.1 Å². The van der Waals surface area contributed by atoms with Gasteiger partial charge in [-0.25, -0.2) is 0 Å². The van der Waals surface area contributed by atoms with Gasteiger partial charge in [-0.05, 0) is 25.4 Å². The smallest absolute Gasteiger partial charge is 0.242 e. The largest absolute Gasteiger partial charge is 0.368 e. The topological polar surface area (TPSA) is 120 Å². The first-order chi connectivity index (χ1) is 6.81. The molecule has 0 fully saturated rings. The van der Waals surface area contributed by atoms with Crippen LogP contribution < -0.4 is 16.8 Å². The predicted octanol–water partition coefficient (Wildman–Crippen LogP) is -0.217. The summed E-state index contributed by atoms with van der Waals surface area (Å²) in [6.45, 7) is 3.17. The van der Waals surface area contributed by atoms with Crippen molar-refractivity contribution >= 4 is 29.4 Å². The van der Waals surface area contributed by atoms with Crippen LogP contribution in [0.25, 0.3) is 0 Å². The Balaban J connectivity index is 2.94. The molecule has 0 unspecified atom stereocenters. The van der Waals surface area contributed by atoms with Gasteiger partial charge in [-0.15, -0.1) is 0 Å². The van der Waals surface area contributed by atoms with Crippen LogP contribution in [0.15, 0.2) is 0 Å². The van der Waals surface area contributed by atoms with E-state index in [-0.39, 0.29) is 17.2 Å². The number of nitrogens with two attached hydrogens (primary N) is 2. The van der Waals surface area contributed by atoms with Gasteiger partial charge in [0.25, 0.3) is 0 Å². The zero-order valence-corrected chi connectivity index (χ0v) is 9.04. The zero-order valence-electron chi connectivity index (χ0n) is 8.28. The number of carbonyl (C=O) groups excluding carboxylic acids is 1. The van der Waals surface area contributed by atoms with Crippen molar-refractivity contribution in [1.82, 2.24) is 15.0 Å².